The van der Waals surface area contributed by atoms with Crippen molar-refractivity contribution in [2.45, 2.75) is 32.7 Å². The van der Waals surface area contributed by atoms with E-state index in [0.717, 1.165) is 34.4 Å². The van der Waals surface area contributed by atoms with Crippen LogP contribution in [0.25, 0.3) is 12.2 Å². The first-order chi connectivity index (χ1) is 13.8. The summed E-state index contributed by atoms with van der Waals surface area (Å²) < 4.78 is 0. The Bertz CT molecular complexity index is 991. The average molecular weight is 368 g/mol. The number of rotatable bonds is 6. The minimum atomic E-state index is 0.0753. The van der Waals surface area contributed by atoms with E-state index in [0.29, 0.717) is 6.54 Å². The van der Waals surface area contributed by atoms with Gasteiger partial charge in [-0.15, -0.1) is 0 Å². The molecule has 0 bridgehead atoms. The minimum absolute atomic E-state index is 0.0753. The molecule has 0 N–H and O–H groups in total. The maximum atomic E-state index is 13.2. The summed E-state index contributed by atoms with van der Waals surface area (Å²) in [4.78, 5) is 19.1. The Hall–Kier alpha value is -3.20. The van der Waals surface area contributed by atoms with Crippen molar-refractivity contribution in [2.24, 2.45) is 0 Å². The van der Waals surface area contributed by atoms with E-state index in [4.69, 9.17) is 0 Å². The molecule has 1 aliphatic heterocycles. The molecule has 140 valence electrons. The fourth-order valence-corrected chi connectivity index (χ4v) is 3.62. The van der Waals surface area contributed by atoms with Crippen LogP contribution in [0.4, 0.5) is 5.69 Å². The van der Waals surface area contributed by atoms with Crippen molar-refractivity contribution in [3.05, 3.63) is 94.8 Å². The second kappa shape index (κ2) is 8.22. The number of unbranched alkanes of at least 4 members (excludes halogenated alkanes) is 1. The highest BCUT2D eigenvalue weighted by molar-refractivity contribution is 6.12. The zero-order valence-corrected chi connectivity index (χ0v) is 16.1. The van der Waals surface area contributed by atoms with Crippen LogP contribution in [0.2, 0.25) is 0 Å². The molecular formula is C25H24N2O. The lowest BCUT2D eigenvalue weighted by Gasteiger charge is -2.16. The third kappa shape index (κ3) is 3.74. The zero-order chi connectivity index (χ0) is 19.3. The first-order valence-electron chi connectivity index (χ1n) is 9.87. The first-order valence-corrected chi connectivity index (χ1v) is 9.87. The van der Waals surface area contributed by atoms with E-state index in [1.165, 1.54) is 18.4 Å². The van der Waals surface area contributed by atoms with Crippen LogP contribution in [-0.4, -0.2) is 10.9 Å². The van der Waals surface area contributed by atoms with Gasteiger partial charge in [0.05, 0.1) is 12.1 Å². The van der Waals surface area contributed by atoms with Crippen LogP contribution in [0, 0.1) is 0 Å². The molecule has 0 fully saturated rings. The molecule has 2 heterocycles. The van der Waals surface area contributed by atoms with E-state index in [1.54, 1.807) is 12.4 Å². The molecule has 28 heavy (non-hydrogen) atoms. The SMILES string of the molecule is CCCCc1ccc(N2Cc3cccc(C=Cc4ccncc4)c3C2=O)cc1. The van der Waals surface area contributed by atoms with Crippen molar-refractivity contribution in [1.29, 1.82) is 0 Å². The molecule has 3 nitrogen and oxygen atoms in total. The maximum Gasteiger partial charge on any atom is 0.259 e. The van der Waals surface area contributed by atoms with Gasteiger partial charge in [-0.05, 0) is 59.4 Å². The Kier molecular flexibility index (Phi) is 5.34. The van der Waals surface area contributed by atoms with Crippen LogP contribution >= 0.6 is 0 Å². The Morgan fingerprint density at radius 1 is 1.00 bits per heavy atom. The molecule has 0 aliphatic carbocycles. The van der Waals surface area contributed by atoms with Gasteiger partial charge in [-0.25, -0.2) is 0 Å². The van der Waals surface area contributed by atoms with Crippen molar-refractivity contribution >= 4 is 23.7 Å². The van der Waals surface area contributed by atoms with Gasteiger partial charge in [0.2, 0.25) is 0 Å². The Morgan fingerprint density at radius 2 is 1.79 bits per heavy atom. The highest BCUT2D eigenvalue weighted by Gasteiger charge is 2.30. The predicted octanol–water partition coefficient (Wildman–Crippen LogP) is 5.76. The van der Waals surface area contributed by atoms with Crippen molar-refractivity contribution < 1.29 is 4.79 Å². The molecule has 3 aromatic rings. The van der Waals surface area contributed by atoms with Gasteiger partial charge in [-0.3, -0.25) is 9.78 Å². The van der Waals surface area contributed by atoms with E-state index in [-0.39, 0.29) is 5.91 Å². The number of amides is 1. The maximum absolute atomic E-state index is 13.2. The van der Waals surface area contributed by atoms with E-state index in [1.807, 2.05) is 47.4 Å². The van der Waals surface area contributed by atoms with Crippen LogP contribution in [0.3, 0.4) is 0 Å². The van der Waals surface area contributed by atoms with Gasteiger partial charge in [0.25, 0.3) is 5.91 Å². The number of carbonyl (C=O) groups is 1. The standard InChI is InChI=1S/C25H24N2O/c1-2-3-5-19-9-12-23(13-10-19)27-18-22-7-4-6-21(24(22)25(27)28)11-8-20-14-16-26-17-15-20/h4,6-17H,2-3,5,18H2,1H3. The molecule has 4 rings (SSSR count). The number of carbonyl (C=O) groups excluding carboxylic acids is 1. The first kappa shape index (κ1) is 18.2. The summed E-state index contributed by atoms with van der Waals surface area (Å²) in [7, 11) is 0. The quantitative estimate of drug-likeness (QED) is 0.554. The molecule has 1 amide bonds. The highest BCUT2D eigenvalue weighted by atomic mass is 16.2. The van der Waals surface area contributed by atoms with Crippen LogP contribution in [-0.2, 0) is 13.0 Å². The number of benzene rings is 2. The number of hydrogen-bond acceptors (Lipinski definition) is 2. The van der Waals surface area contributed by atoms with Crippen LogP contribution in [0.1, 0.15) is 52.4 Å². The zero-order valence-electron chi connectivity index (χ0n) is 16.1. The number of aromatic nitrogens is 1. The fraction of sp³-hybridized carbons (Fsp3) is 0.200. The third-order valence-corrected chi connectivity index (χ3v) is 5.20. The summed E-state index contributed by atoms with van der Waals surface area (Å²) in [6, 6.07) is 18.4. The Labute approximate surface area is 166 Å². The number of fused-ring (bicyclic) bond motifs is 1. The molecular weight excluding hydrogens is 344 g/mol. The Balaban J connectivity index is 1.58. The van der Waals surface area contributed by atoms with Gasteiger partial charge in [-0.1, -0.05) is 55.8 Å². The van der Waals surface area contributed by atoms with Crippen molar-refractivity contribution in [3.63, 3.8) is 0 Å². The van der Waals surface area contributed by atoms with Gasteiger partial charge in [0.1, 0.15) is 0 Å². The lowest BCUT2D eigenvalue weighted by Crippen LogP contribution is -2.23. The second-order valence-electron chi connectivity index (χ2n) is 7.16. The van der Waals surface area contributed by atoms with Crippen molar-refractivity contribution in [3.8, 4) is 0 Å². The molecule has 0 spiro atoms. The number of aryl methyl sites for hydroxylation is 1. The summed E-state index contributed by atoms with van der Waals surface area (Å²) >= 11 is 0. The largest absolute Gasteiger partial charge is 0.304 e. The monoisotopic (exact) mass is 368 g/mol. The second-order valence-corrected chi connectivity index (χ2v) is 7.16. The smallest absolute Gasteiger partial charge is 0.259 e. The van der Waals surface area contributed by atoms with E-state index < -0.39 is 0 Å². The minimum Gasteiger partial charge on any atom is -0.304 e. The fourth-order valence-electron chi connectivity index (χ4n) is 3.62. The summed E-state index contributed by atoms with van der Waals surface area (Å²) in [5.41, 5.74) is 6.21. The average Bonchev–Trinajstić information content (AvgIpc) is 3.09. The number of pyridine rings is 1. The van der Waals surface area contributed by atoms with Crippen LogP contribution < -0.4 is 4.90 Å². The third-order valence-electron chi connectivity index (χ3n) is 5.20. The molecule has 0 unspecified atom stereocenters. The molecule has 3 heteroatoms. The van der Waals surface area contributed by atoms with Crippen molar-refractivity contribution in [2.75, 3.05) is 4.90 Å². The normalized spacial score (nSPS) is 13.3. The summed E-state index contributed by atoms with van der Waals surface area (Å²) in [6.45, 7) is 2.83. The van der Waals surface area contributed by atoms with E-state index in [2.05, 4.69) is 36.2 Å². The number of nitrogens with zero attached hydrogens (tertiary/aromatic N) is 2. The van der Waals surface area contributed by atoms with E-state index >= 15 is 0 Å². The topological polar surface area (TPSA) is 33.2 Å². The van der Waals surface area contributed by atoms with Gasteiger partial charge < -0.3 is 4.90 Å². The molecule has 0 saturated carbocycles. The number of anilines is 1. The molecule has 0 atom stereocenters. The molecule has 0 radical (unpaired) electrons. The van der Waals surface area contributed by atoms with E-state index in [9.17, 15) is 4.79 Å². The van der Waals surface area contributed by atoms with Gasteiger partial charge in [-0.2, -0.15) is 0 Å². The summed E-state index contributed by atoms with van der Waals surface area (Å²) in [6.07, 6.45) is 11.1. The molecule has 1 aromatic heterocycles. The number of hydrogen-bond donors (Lipinski definition) is 0. The lowest BCUT2D eigenvalue weighted by atomic mass is 10.0. The van der Waals surface area contributed by atoms with Gasteiger partial charge >= 0.3 is 0 Å². The van der Waals surface area contributed by atoms with Crippen molar-refractivity contribution in [1.82, 2.24) is 4.98 Å². The molecule has 0 saturated heterocycles. The van der Waals surface area contributed by atoms with Gasteiger partial charge in [0.15, 0.2) is 0 Å². The highest BCUT2D eigenvalue weighted by Crippen LogP contribution is 2.31. The predicted molar refractivity (Wildman–Crippen MR) is 115 cm³/mol. The molecule has 1 aliphatic rings. The van der Waals surface area contributed by atoms with Crippen LogP contribution in [0.15, 0.2) is 67.0 Å². The van der Waals surface area contributed by atoms with Crippen LogP contribution in [0.5, 0.6) is 0 Å². The summed E-state index contributed by atoms with van der Waals surface area (Å²) in [5.74, 6) is 0.0753. The summed E-state index contributed by atoms with van der Waals surface area (Å²) in [5, 5.41) is 0. The Morgan fingerprint density at radius 3 is 2.54 bits per heavy atom. The molecule has 2 aromatic carbocycles. The van der Waals surface area contributed by atoms with Gasteiger partial charge in [0, 0.05) is 18.1 Å². The lowest BCUT2D eigenvalue weighted by molar-refractivity contribution is 0.0996.